The van der Waals surface area contributed by atoms with E-state index in [2.05, 4.69) is 26.8 Å². The van der Waals surface area contributed by atoms with Crippen molar-refractivity contribution in [2.75, 3.05) is 0 Å². The minimum absolute atomic E-state index is 0.133. The summed E-state index contributed by atoms with van der Waals surface area (Å²) in [6.07, 6.45) is 8.20. The lowest BCUT2D eigenvalue weighted by Crippen LogP contribution is -2.14. The number of hydrogen-bond acceptors (Lipinski definition) is 1. The molecule has 0 amide bonds. The number of aliphatic carboxylic acids is 1. The van der Waals surface area contributed by atoms with Crippen molar-refractivity contribution < 1.29 is 9.90 Å². The molecule has 0 aromatic heterocycles. The van der Waals surface area contributed by atoms with Crippen LogP contribution >= 0.6 is 0 Å². The number of hydrogen-bond donors (Lipinski definition) is 1. The Morgan fingerprint density at radius 3 is 2.29 bits per heavy atom. The summed E-state index contributed by atoms with van der Waals surface area (Å²) in [7, 11) is 0. The highest BCUT2D eigenvalue weighted by atomic mass is 16.4. The fourth-order valence-corrected chi connectivity index (χ4v) is 2.03. The summed E-state index contributed by atoms with van der Waals surface area (Å²) in [5.41, 5.74) is 1.37. The second kappa shape index (κ2) is 9.26. The molecule has 2 nitrogen and oxygen atoms in total. The third-order valence-electron chi connectivity index (χ3n) is 3.21. The van der Waals surface area contributed by atoms with Crippen molar-refractivity contribution in [3.05, 3.63) is 11.6 Å². The Kier molecular flexibility index (Phi) is 8.83. The second-order valence-electron chi connectivity index (χ2n) is 5.37. The third kappa shape index (κ3) is 8.96. The first-order chi connectivity index (χ1) is 7.97. The Hall–Kier alpha value is -0.790. The van der Waals surface area contributed by atoms with Crippen molar-refractivity contribution in [3.8, 4) is 0 Å². The van der Waals surface area contributed by atoms with Crippen LogP contribution in [0.15, 0.2) is 11.6 Å². The van der Waals surface area contributed by atoms with Gasteiger partial charge in [0.15, 0.2) is 0 Å². The lowest BCUT2D eigenvalue weighted by molar-refractivity contribution is -0.142. The zero-order chi connectivity index (χ0) is 13.3. The predicted molar refractivity (Wildman–Crippen MR) is 73.1 cm³/mol. The molecule has 2 unspecified atom stereocenters. The van der Waals surface area contributed by atoms with Crippen LogP contribution in [0, 0.1) is 11.8 Å². The summed E-state index contributed by atoms with van der Waals surface area (Å²) in [5, 5.41) is 9.06. The van der Waals surface area contributed by atoms with Crippen molar-refractivity contribution in [1.82, 2.24) is 0 Å². The predicted octanol–water partition coefficient (Wildman–Crippen LogP) is 4.65. The van der Waals surface area contributed by atoms with Gasteiger partial charge in [-0.15, -0.1) is 0 Å². The molecule has 0 aliphatic carbocycles. The maximum absolute atomic E-state index is 11.0. The largest absolute Gasteiger partial charge is 0.481 e. The molecular formula is C15H28O2. The molecule has 17 heavy (non-hydrogen) atoms. The minimum atomic E-state index is -0.622. The van der Waals surface area contributed by atoms with Crippen molar-refractivity contribution in [3.63, 3.8) is 0 Å². The molecule has 0 bridgehead atoms. The molecule has 0 aliphatic rings. The topological polar surface area (TPSA) is 37.3 Å². The Bertz CT molecular complexity index is 239. The molecule has 0 radical (unpaired) electrons. The van der Waals surface area contributed by atoms with E-state index >= 15 is 0 Å². The van der Waals surface area contributed by atoms with Gasteiger partial charge in [0.1, 0.15) is 0 Å². The van der Waals surface area contributed by atoms with E-state index in [1.807, 2.05) is 6.92 Å². The van der Waals surface area contributed by atoms with Gasteiger partial charge in [0, 0.05) is 0 Å². The summed E-state index contributed by atoms with van der Waals surface area (Å²) in [6.45, 7) is 8.51. The van der Waals surface area contributed by atoms with Gasteiger partial charge in [-0.1, -0.05) is 31.9 Å². The van der Waals surface area contributed by atoms with Crippen LogP contribution in [0.25, 0.3) is 0 Å². The zero-order valence-electron chi connectivity index (χ0n) is 11.8. The van der Waals surface area contributed by atoms with Gasteiger partial charge in [-0.2, -0.15) is 0 Å². The summed E-state index contributed by atoms with van der Waals surface area (Å²) in [6, 6.07) is 0. The van der Waals surface area contributed by atoms with Crippen molar-refractivity contribution in [1.29, 1.82) is 0 Å². The molecule has 0 fully saturated rings. The quantitative estimate of drug-likeness (QED) is 0.596. The van der Waals surface area contributed by atoms with Gasteiger partial charge in [-0.3, -0.25) is 4.79 Å². The number of rotatable bonds is 9. The molecule has 1 N–H and O–H groups in total. The summed E-state index contributed by atoms with van der Waals surface area (Å²) < 4.78 is 0. The molecule has 0 rings (SSSR count). The van der Waals surface area contributed by atoms with Gasteiger partial charge in [0.2, 0.25) is 0 Å². The second-order valence-corrected chi connectivity index (χ2v) is 5.37. The van der Waals surface area contributed by atoms with E-state index in [9.17, 15) is 4.79 Å². The first kappa shape index (κ1) is 16.2. The molecule has 100 valence electrons. The van der Waals surface area contributed by atoms with E-state index in [0.717, 1.165) is 32.1 Å². The smallest absolute Gasteiger partial charge is 0.306 e. The zero-order valence-corrected chi connectivity index (χ0v) is 11.8. The monoisotopic (exact) mass is 240 g/mol. The Balaban J connectivity index is 3.83. The van der Waals surface area contributed by atoms with E-state index in [1.165, 1.54) is 12.0 Å². The van der Waals surface area contributed by atoms with E-state index in [4.69, 9.17) is 5.11 Å². The number of carboxylic acids is 1. The first-order valence-corrected chi connectivity index (χ1v) is 6.83. The van der Waals surface area contributed by atoms with Crippen molar-refractivity contribution >= 4 is 5.97 Å². The fraction of sp³-hybridized carbons (Fsp3) is 0.800. The van der Waals surface area contributed by atoms with Gasteiger partial charge < -0.3 is 5.11 Å². The van der Waals surface area contributed by atoms with E-state index < -0.39 is 5.97 Å². The number of carboxylic acid groups (broad SMARTS) is 1. The Labute approximate surface area is 106 Å². The standard InChI is InChI=1S/C15H28O2/c1-5-7-14(15(16)17)11-10-13(4)9-6-8-12(2)3/h8,13-14H,5-7,9-11H2,1-4H3,(H,16,17). The summed E-state index contributed by atoms with van der Waals surface area (Å²) >= 11 is 0. The average Bonchev–Trinajstić information content (AvgIpc) is 2.23. The van der Waals surface area contributed by atoms with Crippen molar-refractivity contribution in [2.24, 2.45) is 11.8 Å². The number of carbonyl (C=O) groups is 1. The highest BCUT2D eigenvalue weighted by molar-refractivity contribution is 5.69. The van der Waals surface area contributed by atoms with E-state index in [1.54, 1.807) is 0 Å². The lowest BCUT2D eigenvalue weighted by Gasteiger charge is -2.14. The van der Waals surface area contributed by atoms with E-state index in [-0.39, 0.29) is 5.92 Å². The third-order valence-corrected chi connectivity index (χ3v) is 3.21. The summed E-state index contributed by atoms with van der Waals surface area (Å²) in [5.74, 6) is -0.126. The molecule has 0 spiro atoms. The van der Waals surface area contributed by atoms with Crippen molar-refractivity contribution in [2.45, 2.75) is 66.2 Å². The van der Waals surface area contributed by atoms with Crippen LogP contribution < -0.4 is 0 Å². The van der Waals surface area contributed by atoms with Gasteiger partial charge in [-0.05, 0) is 51.9 Å². The van der Waals surface area contributed by atoms with Gasteiger partial charge >= 0.3 is 5.97 Å². The van der Waals surface area contributed by atoms with Crippen LogP contribution in [0.5, 0.6) is 0 Å². The van der Waals surface area contributed by atoms with Crippen LogP contribution in [0.2, 0.25) is 0 Å². The minimum Gasteiger partial charge on any atom is -0.481 e. The van der Waals surface area contributed by atoms with Crippen LogP contribution in [0.3, 0.4) is 0 Å². The molecule has 0 aromatic carbocycles. The molecule has 0 heterocycles. The molecule has 0 aromatic rings. The summed E-state index contributed by atoms with van der Waals surface area (Å²) in [4.78, 5) is 11.0. The van der Waals surface area contributed by atoms with E-state index in [0.29, 0.717) is 5.92 Å². The Morgan fingerprint density at radius 1 is 1.18 bits per heavy atom. The molecular weight excluding hydrogens is 212 g/mol. The molecule has 0 aliphatic heterocycles. The molecule has 2 heteroatoms. The van der Waals surface area contributed by atoms with Gasteiger partial charge in [0.25, 0.3) is 0 Å². The van der Waals surface area contributed by atoms with Gasteiger partial charge in [-0.25, -0.2) is 0 Å². The van der Waals surface area contributed by atoms with Crippen LogP contribution in [0.1, 0.15) is 66.2 Å². The maximum Gasteiger partial charge on any atom is 0.306 e. The Morgan fingerprint density at radius 2 is 1.82 bits per heavy atom. The average molecular weight is 240 g/mol. The normalized spacial score (nSPS) is 14.1. The highest BCUT2D eigenvalue weighted by Crippen LogP contribution is 2.20. The first-order valence-electron chi connectivity index (χ1n) is 6.83. The van der Waals surface area contributed by atoms with Crippen LogP contribution in [0.4, 0.5) is 0 Å². The molecule has 0 saturated heterocycles. The van der Waals surface area contributed by atoms with Crippen LogP contribution in [-0.2, 0) is 4.79 Å². The van der Waals surface area contributed by atoms with Crippen LogP contribution in [-0.4, -0.2) is 11.1 Å². The maximum atomic E-state index is 11.0. The number of allylic oxidation sites excluding steroid dienone is 2. The fourth-order valence-electron chi connectivity index (χ4n) is 2.03. The SMILES string of the molecule is CCCC(CCC(C)CCC=C(C)C)C(=O)O. The molecule has 2 atom stereocenters. The highest BCUT2D eigenvalue weighted by Gasteiger charge is 2.16. The van der Waals surface area contributed by atoms with Gasteiger partial charge in [0.05, 0.1) is 5.92 Å². The molecule has 0 saturated carbocycles. The lowest BCUT2D eigenvalue weighted by atomic mass is 9.91.